The lowest BCUT2D eigenvalue weighted by atomic mass is 9.98. The van der Waals surface area contributed by atoms with Gasteiger partial charge >= 0.3 is 0 Å². The van der Waals surface area contributed by atoms with E-state index < -0.39 is 0 Å². The first kappa shape index (κ1) is 10.3. The maximum atomic E-state index is 6.14. The Morgan fingerprint density at radius 1 is 1.44 bits per heavy atom. The van der Waals surface area contributed by atoms with E-state index in [-0.39, 0.29) is 0 Å². The van der Waals surface area contributed by atoms with Gasteiger partial charge in [0.25, 0.3) is 0 Å². The van der Waals surface area contributed by atoms with Gasteiger partial charge in [0.05, 0.1) is 12.0 Å². The molecule has 1 aromatic heterocycles. The average molecular weight is 220 g/mol. The van der Waals surface area contributed by atoms with E-state index in [1.54, 1.807) is 0 Å². The predicted molar refractivity (Wildman–Crippen MR) is 62.7 cm³/mol. The van der Waals surface area contributed by atoms with Crippen LogP contribution in [0.3, 0.4) is 0 Å². The predicted octanol–water partition coefficient (Wildman–Crippen LogP) is 0.589. The molecule has 4 heteroatoms. The standard InChI is InChI=1S/C12H20N4/c1-15-8-14-4-10(15)6-16-5-9-2-3-12(13)11(9)7-16/h4,8-9,11-12H,2-3,5-7,13H2,1H3. The zero-order chi connectivity index (χ0) is 11.1. The van der Waals surface area contributed by atoms with Crippen molar-refractivity contribution in [2.75, 3.05) is 13.1 Å². The number of rotatable bonds is 2. The van der Waals surface area contributed by atoms with Gasteiger partial charge < -0.3 is 10.3 Å². The van der Waals surface area contributed by atoms with Crippen LogP contribution in [0, 0.1) is 11.8 Å². The third-order valence-corrected chi connectivity index (χ3v) is 4.29. The van der Waals surface area contributed by atoms with Crippen molar-refractivity contribution >= 4 is 0 Å². The highest BCUT2D eigenvalue weighted by Crippen LogP contribution is 2.37. The first-order chi connectivity index (χ1) is 7.74. The number of hydrogen-bond donors (Lipinski definition) is 1. The molecule has 1 aliphatic carbocycles. The Hall–Kier alpha value is -0.870. The van der Waals surface area contributed by atoms with Gasteiger partial charge in [0.2, 0.25) is 0 Å². The van der Waals surface area contributed by atoms with Gasteiger partial charge in [0, 0.05) is 38.9 Å². The van der Waals surface area contributed by atoms with Crippen LogP contribution in [0.5, 0.6) is 0 Å². The number of aryl methyl sites for hydroxylation is 1. The Bertz CT molecular complexity index is 373. The SMILES string of the molecule is Cn1cncc1CN1CC2CCC(N)C2C1. The molecule has 0 radical (unpaired) electrons. The summed E-state index contributed by atoms with van der Waals surface area (Å²) in [5.74, 6) is 1.59. The largest absolute Gasteiger partial charge is 0.337 e. The van der Waals surface area contributed by atoms with Crippen LogP contribution < -0.4 is 5.73 Å². The van der Waals surface area contributed by atoms with Crippen LogP contribution in [0.25, 0.3) is 0 Å². The van der Waals surface area contributed by atoms with E-state index in [4.69, 9.17) is 5.73 Å². The van der Waals surface area contributed by atoms with Crippen molar-refractivity contribution in [1.82, 2.24) is 14.5 Å². The fourth-order valence-corrected chi connectivity index (χ4v) is 3.29. The van der Waals surface area contributed by atoms with Gasteiger partial charge in [-0.2, -0.15) is 0 Å². The van der Waals surface area contributed by atoms with Crippen molar-refractivity contribution in [3.63, 3.8) is 0 Å². The summed E-state index contributed by atoms with van der Waals surface area (Å²) in [7, 11) is 2.06. The van der Waals surface area contributed by atoms with E-state index in [2.05, 4.69) is 21.5 Å². The quantitative estimate of drug-likeness (QED) is 0.793. The molecule has 3 rings (SSSR count). The highest BCUT2D eigenvalue weighted by atomic mass is 15.2. The van der Waals surface area contributed by atoms with Gasteiger partial charge in [0.15, 0.2) is 0 Å². The van der Waals surface area contributed by atoms with E-state index in [1.165, 1.54) is 31.6 Å². The lowest BCUT2D eigenvalue weighted by Crippen LogP contribution is -2.30. The third-order valence-electron chi connectivity index (χ3n) is 4.29. The smallest absolute Gasteiger partial charge is 0.0945 e. The first-order valence-electron chi connectivity index (χ1n) is 6.17. The molecule has 1 aromatic rings. The molecular formula is C12H20N4. The molecule has 0 amide bonds. The molecule has 2 aliphatic rings. The number of hydrogen-bond acceptors (Lipinski definition) is 3. The molecule has 0 bridgehead atoms. The lowest BCUT2D eigenvalue weighted by Gasteiger charge is -2.18. The van der Waals surface area contributed by atoms with E-state index in [0.717, 1.165) is 18.4 Å². The van der Waals surface area contributed by atoms with Crippen LogP contribution in [0.2, 0.25) is 0 Å². The molecule has 3 atom stereocenters. The highest BCUT2D eigenvalue weighted by Gasteiger charge is 2.40. The van der Waals surface area contributed by atoms with Crippen LogP contribution in [-0.2, 0) is 13.6 Å². The van der Waals surface area contributed by atoms with E-state index in [9.17, 15) is 0 Å². The maximum Gasteiger partial charge on any atom is 0.0945 e. The van der Waals surface area contributed by atoms with E-state index in [1.807, 2.05) is 12.5 Å². The molecule has 88 valence electrons. The fourth-order valence-electron chi connectivity index (χ4n) is 3.29. The van der Waals surface area contributed by atoms with Crippen LogP contribution in [-0.4, -0.2) is 33.6 Å². The summed E-state index contributed by atoms with van der Waals surface area (Å²) >= 11 is 0. The van der Waals surface area contributed by atoms with Crippen molar-refractivity contribution in [3.8, 4) is 0 Å². The Labute approximate surface area is 96.4 Å². The van der Waals surface area contributed by atoms with Crippen molar-refractivity contribution in [1.29, 1.82) is 0 Å². The topological polar surface area (TPSA) is 47.1 Å². The molecule has 16 heavy (non-hydrogen) atoms. The number of aromatic nitrogens is 2. The number of likely N-dealkylation sites (tertiary alicyclic amines) is 1. The third kappa shape index (κ3) is 1.66. The molecular weight excluding hydrogens is 200 g/mol. The lowest BCUT2D eigenvalue weighted by molar-refractivity contribution is 0.292. The summed E-state index contributed by atoms with van der Waals surface area (Å²) < 4.78 is 2.11. The second-order valence-electron chi connectivity index (χ2n) is 5.36. The van der Waals surface area contributed by atoms with Crippen molar-refractivity contribution in [2.45, 2.75) is 25.4 Å². The molecule has 3 unspecified atom stereocenters. The minimum Gasteiger partial charge on any atom is -0.337 e. The summed E-state index contributed by atoms with van der Waals surface area (Å²) in [5, 5.41) is 0. The van der Waals surface area contributed by atoms with Gasteiger partial charge in [0.1, 0.15) is 0 Å². The number of imidazole rings is 1. The second kappa shape index (κ2) is 3.86. The Kier molecular flexibility index (Phi) is 2.48. The number of nitrogens with zero attached hydrogens (tertiary/aromatic N) is 3. The number of nitrogens with two attached hydrogens (primary N) is 1. The molecule has 2 heterocycles. The zero-order valence-electron chi connectivity index (χ0n) is 9.84. The van der Waals surface area contributed by atoms with Gasteiger partial charge in [-0.15, -0.1) is 0 Å². The fraction of sp³-hybridized carbons (Fsp3) is 0.750. The first-order valence-corrected chi connectivity index (χ1v) is 6.17. The normalized spacial score (nSPS) is 34.5. The Balaban J connectivity index is 1.65. The maximum absolute atomic E-state index is 6.14. The minimum absolute atomic E-state index is 0.446. The summed E-state index contributed by atoms with van der Waals surface area (Å²) in [6.45, 7) is 3.43. The molecule has 2 fully saturated rings. The van der Waals surface area contributed by atoms with Crippen LogP contribution in [0.15, 0.2) is 12.5 Å². The molecule has 0 spiro atoms. The van der Waals surface area contributed by atoms with Crippen LogP contribution in [0.4, 0.5) is 0 Å². The highest BCUT2D eigenvalue weighted by molar-refractivity contribution is 5.01. The Morgan fingerprint density at radius 3 is 3.00 bits per heavy atom. The van der Waals surface area contributed by atoms with Crippen LogP contribution in [0.1, 0.15) is 18.5 Å². The van der Waals surface area contributed by atoms with Gasteiger partial charge in [-0.25, -0.2) is 4.98 Å². The van der Waals surface area contributed by atoms with E-state index >= 15 is 0 Å². The van der Waals surface area contributed by atoms with Crippen molar-refractivity contribution in [3.05, 3.63) is 18.2 Å². The van der Waals surface area contributed by atoms with Crippen molar-refractivity contribution in [2.24, 2.45) is 24.6 Å². The molecule has 1 saturated carbocycles. The molecule has 4 nitrogen and oxygen atoms in total. The molecule has 0 aromatic carbocycles. The monoisotopic (exact) mass is 220 g/mol. The summed E-state index contributed by atoms with van der Waals surface area (Å²) in [6.07, 6.45) is 6.40. The Morgan fingerprint density at radius 2 is 2.31 bits per heavy atom. The average Bonchev–Trinajstić information content (AvgIpc) is 2.90. The van der Waals surface area contributed by atoms with E-state index in [0.29, 0.717) is 6.04 Å². The zero-order valence-corrected chi connectivity index (χ0v) is 9.84. The molecule has 1 saturated heterocycles. The van der Waals surface area contributed by atoms with Crippen LogP contribution >= 0.6 is 0 Å². The summed E-state index contributed by atoms with van der Waals surface area (Å²) in [6, 6.07) is 0.446. The van der Waals surface area contributed by atoms with Gasteiger partial charge in [-0.3, -0.25) is 4.90 Å². The summed E-state index contributed by atoms with van der Waals surface area (Å²) in [4.78, 5) is 6.70. The summed E-state index contributed by atoms with van der Waals surface area (Å²) in [5.41, 5.74) is 7.44. The molecule has 2 N–H and O–H groups in total. The van der Waals surface area contributed by atoms with Gasteiger partial charge in [-0.1, -0.05) is 0 Å². The number of fused-ring (bicyclic) bond motifs is 1. The molecule has 1 aliphatic heterocycles. The second-order valence-corrected chi connectivity index (χ2v) is 5.36. The van der Waals surface area contributed by atoms with Gasteiger partial charge in [-0.05, 0) is 24.7 Å². The minimum atomic E-state index is 0.446. The van der Waals surface area contributed by atoms with Crippen molar-refractivity contribution < 1.29 is 0 Å².